The molecule has 33 heavy (non-hydrogen) atoms. The molecule has 3 aromatic carbocycles. The van der Waals surface area contributed by atoms with E-state index >= 15 is 0 Å². The van der Waals surface area contributed by atoms with E-state index in [9.17, 15) is 27.9 Å². The van der Waals surface area contributed by atoms with Crippen LogP contribution in [-0.4, -0.2) is 16.8 Å². The molecule has 8 heteroatoms. The van der Waals surface area contributed by atoms with E-state index in [-0.39, 0.29) is 16.8 Å². The number of aryl methyl sites for hydroxylation is 1. The number of Topliss-reactive ketones (excluding diaryl/α,β-unsaturated/α-hetero) is 1. The minimum absolute atomic E-state index is 0.103. The van der Waals surface area contributed by atoms with Gasteiger partial charge >= 0.3 is 6.18 Å². The number of halogens is 4. The van der Waals surface area contributed by atoms with Crippen molar-refractivity contribution in [2.75, 3.05) is 4.90 Å². The molecule has 4 rings (SSSR count). The molecule has 1 atom stereocenters. The smallest absolute Gasteiger partial charge is 0.416 e. The van der Waals surface area contributed by atoms with E-state index in [4.69, 9.17) is 11.6 Å². The lowest BCUT2D eigenvalue weighted by atomic mass is 9.94. The molecule has 0 spiro atoms. The second kappa shape index (κ2) is 8.41. The maximum atomic E-state index is 13.1. The van der Waals surface area contributed by atoms with Gasteiger partial charge in [-0.15, -0.1) is 0 Å². The van der Waals surface area contributed by atoms with Gasteiger partial charge in [0.25, 0.3) is 11.7 Å². The largest absolute Gasteiger partial charge is 0.507 e. The van der Waals surface area contributed by atoms with Gasteiger partial charge in [0.2, 0.25) is 0 Å². The first-order valence-electron chi connectivity index (χ1n) is 9.88. The van der Waals surface area contributed by atoms with Crippen molar-refractivity contribution in [3.8, 4) is 0 Å². The van der Waals surface area contributed by atoms with Crippen LogP contribution in [0.4, 0.5) is 18.9 Å². The first-order valence-corrected chi connectivity index (χ1v) is 10.3. The zero-order valence-corrected chi connectivity index (χ0v) is 18.0. The Hall–Kier alpha value is -3.58. The Bertz CT molecular complexity index is 1270. The van der Waals surface area contributed by atoms with Crippen molar-refractivity contribution in [3.63, 3.8) is 0 Å². The molecular weight excluding hydrogens is 455 g/mol. The van der Waals surface area contributed by atoms with E-state index in [0.29, 0.717) is 10.6 Å². The highest BCUT2D eigenvalue weighted by Crippen LogP contribution is 2.43. The van der Waals surface area contributed by atoms with Gasteiger partial charge in [-0.3, -0.25) is 14.5 Å². The van der Waals surface area contributed by atoms with Crippen LogP contribution >= 0.6 is 11.6 Å². The van der Waals surface area contributed by atoms with Crippen LogP contribution in [0.25, 0.3) is 5.76 Å². The van der Waals surface area contributed by atoms with Crippen molar-refractivity contribution in [1.82, 2.24) is 0 Å². The number of carbonyl (C=O) groups is 2. The summed E-state index contributed by atoms with van der Waals surface area (Å²) in [5.41, 5.74) is 0.722. The molecule has 1 unspecified atom stereocenters. The van der Waals surface area contributed by atoms with Crippen molar-refractivity contribution in [2.45, 2.75) is 19.1 Å². The zero-order valence-electron chi connectivity index (χ0n) is 17.2. The molecule has 1 N–H and O–H groups in total. The summed E-state index contributed by atoms with van der Waals surface area (Å²) in [6.45, 7) is 1.83. The van der Waals surface area contributed by atoms with Crippen molar-refractivity contribution >= 4 is 34.7 Å². The monoisotopic (exact) mass is 471 g/mol. The third-order valence-corrected chi connectivity index (χ3v) is 5.64. The number of ketones is 1. The first-order chi connectivity index (χ1) is 15.6. The highest BCUT2D eigenvalue weighted by molar-refractivity contribution is 6.51. The van der Waals surface area contributed by atoms with Crippen LogP contribution in [-0.2, 0) is 15.8 Å². The Morgan fingerprint density at radius 2 is 1.61 bits per heavy atom. The fourth-order valence-corrected chi connectivity index (χ4v) is 3.95. The van der Waals surface area contributed by atoms with Gasteiger partial charge in [0.1, 0.15) is 5.76 Å². The number of carbonyl (C=O) groups excluding carboxylic acids is 2. The van der Waals surface area contributed by atoms with Crippen molar-refractivity contribution in [1.29, 1.82) is 0 Å². The Morgan fingerprint density at radius 3 is 2.18 bits per heavy atom. The fraction of sp³-hybridized carbons (Fsp3) is 0.120. The molecule has 0 aliphatic carbocycles. The number of anilines is 1. The number of aliphatic hydroxyl groups is 1. The molecule has 0 bridgehead atoms. The summed E-state index contributed by atoms with van der Waals surface area (Å²) >= 11 is 5.91. The fourth-order valence-electron chi connectivity index (χ4n) is 3.83. The molecule has 0 radical (unpaired) electrons. The average Bonchev–Trinajstić information content (AvgIpc) is 3.04. The second-order valence-corrected chi connectivity index (χ2v) is 8.07. The summed E-state index contributed by atoms with van der Waals surface area (Å²) in [5, 5.41) is 11.4. The van der Waals surface area contributed by atoms with E-state index < -0.39 is 35.2 Å². The summed E-state index contributed by atoms with van der Waals surface area (Å²) in [4.78, 5) is 27.2. The van der Waals surface area contributed by atoms with E-state index in [1.807, 2.05) is 13.0 Å². The van der Waals surface area contributed by atoms with Crippen LogP contribution in [0, 0.1) is 6.92 Å². The van der Waals surface area contributed by atoms with Crippen LogP contribution in [0.3, 0.4) is 0 Å². The SMILES string of the molecule is Cc1cccc(C2/C(=C(\O)c3ccc(Cl)cc3)C(=O)C(=O)N2c2ccc(C(F)(F)F)cc2)c1. The topological polar surface area (TPSA) is 57.6 Å². The quantitative estimate of drug-likeness (QED) is 0.277. The van der Waals surface area contributed by atoms with Crippen LogP contribution in [0.15, 0.2) is 78.4 Å². The van der Waals surface area contributed by atoms with Gasteiger partial charge in [-0.1, -0.05) is 41.4 Å². The van der Waals surface area contributed by atoms with E-state index in [1.165, 1.54) is 24.3 Å². The van der Waals surface area contributed by atoms with E-state index in [1.54, 1.807) is 18.2 Å². The van der Waals surface area contributed by atoms with Crippen molar-refractivity contribution < 1.29 is 27.9 Å². The molecule has 4 nitrogen and oxygen atoms in total. The van der Waals surface area contributed by atoms with E-state index in [2.05, 4.69) is 0 Å². The number of rotatable bonds is 3. The number of alkyl halides is 3. The van der Waals surface area contributed by atoms with Crippen LogP contribution in [0.2, 0.25) is 5.02 Å². The third-order valence-electron chi connectivity index (χ3n) is 5.39. The minimum Gasteiger partial charge on any atom is -0.507 e. The molecule has 1 aliphatic heterocycles. The lowest BCUT2D eigenvalue weighted by molar-refractivity contribution is -0.137. The summed E-state index contributed by atoms with van der Waals surface area (Å²) in [6, 6.07) is 16.0. The maximum Gasteiger partial charge on any atom is 0.416 e. The number of hydrogen-bond acceptors (Lipinski definition) is 3. The van der Waals surface area contributed by atoms with Gasteiger partial charge in [-0.2, -0.15) is 13.2 Å². The lowest BCUT2D eigenvalue weighted by Crippen LogP contribution is -2.29. The summed E-state index contributed by atoms with van der Waals surface area (Å²) in [5.74, 6) is -2.28. The normalized spacial score (nSPS) is 18.1. The lowest BCUT2D eigenvalue weighted by Gasteiger charge is -2.26. The molecule has 1 amide bonds. The van der Waals surface area contributed by atoms with Crippen LogP contribution in [0.5, 0.6) is 0 Å². The second-order valence-electron chi connectivity index (χ2n) is 7.63. The molecule has 1 heterocycles. The number of benzene rings is 3. The highest BCUT2D eigenvalue weighted by atomic mass is 35.5. The Balaban J connectivity index is 1.91. The molecule has 1 aliphatic rings. The van der Waals surface area contributed by atoms with Crippen molar-refractivity contribution in [2.24, 2.45) is 0 Å². The molecule has 1 fully saturated rings. The third kappa shape index (κ3) is 4.24. The van der Waals surface area contributed by atoms with E-state index in [0.717, 1.165) is 34.7 Å². The van der Waals surface area contributed by atoms with Gasteiger partial charge in [-0.25, -0.2) is 0 Å². The Kier molecular flexibility index (Phi) is 5.76. The summed E-state index contributed by atoms with van der Waals surface area (Å²) in [6.07, 6.45) is -4.54. The first kappa shape index (κ1) is 22.6. The number of aliphatic hydroxyl groups excluding tert-OH is 1. The number of nitrogens with zero attached hydrogens (tertiary/aromatic N) is 1. The standard InChI is InChI=1S/C25H17ClF3NO3/c1-14-3-2-4-16(13-14)21-20(22(31)15-5-9-18(26)10-6-15)23(32)24(33)30(21)19-11-7-17(8-12-19)25(27,28)29/h2-13,21,31H,1H3/b22-20+. The van der Waals surface area contributed by atoms with Crippen LogP contribution < -0.4 is 4.90 Å². The molecule has 3 aromatic rings. The molecular formula is C25H17ClF3NO3. The Labute approximate surface area is 192 Å². The number of hydrogen-bond donors (Lipinski definition) is 1. The van der Waals surface area contributed by atoms with Gasteiger partial charge in [-0.05, 0) is 61.0 Å². The summed E-state index contributed by atoms with van der Waals surface area (Å²) < 4.78 is 39.1. The molecule has 1 saturated heterocycles. The zero-order chi connectivity index (χ0) is 23.9. The van der Waals surface area contributed by atoms with Gasteiger partial charge in [0.15, 0.2) is 0 Å². The van der Waals surface area contributed by atoms with Gasteiger partial charge in [0.05, 0.1) is 17.2 Å². The molecule has 168 valence electrons. The highest BCUT2D eigenvalue weighted by Gasteiger charge is 2.47. The maximum absolute atomic E-state index is 13.1. The number of amides is 1. The predicted octanol–water partition coefficient (Wildman–Crippen LogP) is 6.29. The minimum atomic E-state index is -4.54. The molecule has 0 aromatic heterocycles. The predicted molar refractivity (Wildman–Crippen MR) is 119 cm³/mol. The molecule has 0 saturated carbocycles. The van der Waals surface area contributed by atoms with Crippen molar-refractivity contribution in [3.05, 3.63) is 106 Å². The summed E-state index contributed by atoms with van der Waals surface area (Å²) in [7, 11) is 0. The average molecular weight is 472 g/mol. The Morgan fingerprint density at radius 1 is 0.970 bits per heavy atom. The van der Waals surface area contributed by atoms with Crippen LogP contribution in [0.1, 0.15) is 28.3 Å². The van der Waals surface area contributed by atoms with Gasteiger partial charge < -0.3 is 5.11 Å². The van der Waals surface area contributed by atoms with Gasteiger partial charge in [0, 0.05) is 16.3 Å².